The van der Waals surface area contributed by atoms with E-state index in [1.165, 1.54) is 12.1 Å². The third-order valence-corrected chi connectivity index (χ3v) is 3.54. The van der Waals surface area contributed by atoms with Gasteiger partial charge in [-0.15, -0.1) is 11.6 Å². The zero-order valence-corrected chi connectivity index (χ0v) is 12.3. The number of rotatable bonds is 5. The Kier molecular flexibility index (Phi) is 4.42. The molecule has 0 amide bonds. The van der Waals surface area contributed by atoms with Crippen LogP contribution < -0.4 is 0 Å². The lowest BCUT2D eigenvalue weighted by molar-refractivity contribution is 0.335. The molecular formula is C14H19ClFN3. The molecule has 104 valence electrons. The van der Waals surface area contributed by atoms with E-state index >= 15 is 0 Å². The second-order valence-corrected chi connectivity index (χ2v) is 5.42. The van der Waals surface area contributed by atoms with Crippen molar-refractivity contribution in [3.8, 4) is 0 Å². The van der Waals surface area contributed by atoms with Gasteiger partial charge in [-0.05, 0) is 32.6 Å². The molecule has 2 rings (SSSR count). The largest absolute Gasteiger partial charge is 0.325 e. The molecule has 1 aromatic heterocycles. The average molecular weight is 284 g/mol. The quantitative estimate of drug-likeness (QED) is 0.784. The van der Waals surface area contributed by atoms with Gasteiger partial charge in [-0.2, -0.15) is 0 Å². The molecule has 0 saturated heterocycles. The van der Waals surface area contributed by atoms with Gasteiger partial charge in [0.15, 0.2) is 0 Å². The number of nitrogens with zero attached hydrogens (tertiary/aromatic N) is 3. The summed E-state index contributed by atoms with van der Waals surface area (Å²) in [6, 6.07) is 4.69. The third-order valence-electron chi connectivity index (χ3n) is 3.34. The predicted molar refractivity (Wildman–Crippen MR) is 77.1 cm³/mol. The van der Waals surface area contributed by atoms with Crippen molar-refractivity contribution in [2.75, 3.05) is 20.1 Å². The van der Waals surface area contributed by atoms with Crippen molar-refractivity contribution >= 4 is 22.6 Å². The number of halogens is 2. The molecule has 1 atom stereocenters. The molecule has 1 unspecified atom stereocenters. The minimum absolute atomic E-state index is 0.192. The molecular weight excluding hydrogens is 265 g/mol. The van der Waals surface area contributed by atoms with Crippen LogP contribution >= 0.6 is 11.6 Å². The van der Waals surface area contributed by atoms with Gasteiger partial charge in [-0.3, -0.25) is 0 Å². The summed E-state index contributed by atoms with van der Waals surface area (Å²) < 4.78 is 15.3. The van der Waals surface area contributed by atoms with Crippen LogP contribution in [-0.4, -0.2) is 34.6 Å². The Labute approximate surface area is 118 Å². The molecule has 0 N–H and O–H groups in total. The van der Waals surface area contributed by atoms with Gasteiger partial charge in [0.25, 0.3) is 0 Å². The number of hydrogen-bond acceptors (Lipinski definition) is 2. The van der Waals surface area contributed by atoms with Crippen LogP contribution in [0.3, 0.4) is 0 Å². The van der Waals surface area contributed by atoms with E-state index in [0.29, 0.717) is 5.52 Å². The van der Waals surface area contributed by atoms with Crippen molar-refractivity contribution in [1.82, 2.24) is 14.5 Å². The Morgan fingerprint density at radius 3 is 2.84 bits per heavy atom. The van der Waals surface area contributed by atoms with E-state index < -0.39 is 0 Å². The van der Waals surface area contributed by atoms with E-state index in [9.17, 15) is 4.39 Å². The molecule has 0 saturated carbocycles. The number of aromatic nitrogens is 2. The molecule has 0 aliphatic carbocycles. The number of hydrogen-bond donors (Lipinski definition) is 0. The summed E-state index contributed by atoms with van der Waals surface area (Å²) in [5, 5.41) is -0.192. The highest BCUT2D eigenvalue weighted by Gasteiger charge is 2.15. The Morgan fingerprint density at radius 1 is 1.47 bits per heavy atom. The number of benzene rings is 1. The fourth-order valence-electron chi connectivity index (χ4n) is 2.09. The number of likely N-dealkylation sites (N-methyl/N-ethyl adjacent to an activating group) is 1. The number of fused-ring (bicyclic) bond motifs is 1. The molecule has 0 aliphatic rings. The Morgan fingerprint density at radius 2 is 2.21 bits per heavy atom. The predicted octanol–water partition coefficient (Wildman–Crippen LogP) is 3.43. The Bertz CT molecular complexity index is 565. The first-order valence-electron chi connectivity index (χ1n) is 6.51. The monoisotopic (exact) mass is 283 g/mol. The SMILES string of the molecule is CCN(C)CCn1c(C(C)Cl)nc2cc(F)ccc21. The average Bonchev–Trinajstić information content (AvgIpc) is 2.73. The minimum atomic E-state index is -0.267. The van der Waals surface area contributed by atoms with E-state index in [0.717, 1.165) is 31.0 Å². The van der Waals surface area contributed by atoms with Crippen molar-refractivity contribution in [2.24, 2.45) is 0 Å². The van der Waals surface area contributed by atoms with Crippen LogP contribution in [0.2, 0.25) is 0 Å². The van der Waals surface area contributed by atoms with Gasteiger partial charge >= 0.3 is 0 Å². The lowest BCUT2D eigenvalue weighted by atomic mass is 10.3. The van der Waals surface area contributed by atoms with Gasteiger partial charge < -0.3 is 9.47 Å². The van der Waals surface area contributed by atoms with Crippen molar-refractivity contribution in [3.63, 3.8) is 0 Å². The fraction of sp³-hybridized carbons (Fsp3) is 0.500. The molecule has 0 spiro atoms. The molecule has 0 bridgehead atoms. The Balaban J connectivity index is 2.40. The van der Waals surface area contributed by atoms with E-state index in [-0.39, 0.29) is 11.2 Å². The van der Waals surface area contributed by atoms with E-state index in [4.69, 9.17) is 11.6 Å². The molecule has 1 aromatic carbocycles. The van der Waals surface area contributed by atoms with Crippen molar-refractivity contribution in [2.45, 2.75) is 25.8 Å². The van der Waals surface area contributed by atoms with Crippen molar-refractivity contribution in [1.29, 1.82) is 0 Å². The highest BCUT2D eigenvalue weighted by molar-refractivity contribution is 6.20. The van der Waals surface area contributed by atoms with Gasteiger partial charge in [0.05, 0.1) is 16.4 Å². The van der Waals surface area contributed by atoms with Crippen LogP contribution in [0, 0.1) is 5.82 Å². The van der Waals surface area contributed by atoms with Crippen molar-refractivity contribution in [3.05, 3.63) is 29.8 Å². The van der Waals surface area contributed by atoms with E-state index in [1.54, 1.807) is 6.07 Å². The first kappa shape index (κ1) is 14.3. The molecule has 0 fully saturated rings. The van der Waals surface area contributed by atoms with Crippen LogP contribution in [0.25, 0.3) is 11.0 Å². The zero-order valence-electron chi connectivity index (χ0n) is 11.5. The van der Waals surface area contributed by atoms with Crippen LogP contribution in [-0.2, 0) is 6.54 Å². The summed E-state index contributed by atoms with van der Waals surface area (Å²) >= 11 is 6.18. The maximum Gasteiger partial charge on any atom is 0.127 e. The summed E-state index contributed by atoms with van der Waals surface area (Å²) in [7, 11) is 2.07. The van der Waals surface area contributed by atoms with Gasteiger partial charge in [0, 0.05) is 19.2 Å². The normalized spacial score (nSPS) is 13.4. The number of imidazole rings is 1. The second kappa shape index (κ2) is 5.88. The maximum atomic E-state index is 13.3. The molecule has 19 heavy (non-hydrogen) atoms. The summed E-state index contributed by atoms with van der Waals surface area (Å²) in [5.74, 6) is 0.531. The molecule has 1 heterocycles. The van der Waals surface area contributed by atoms with Gasteiger partial charge in [-0.1, -0.05) is 6.92 Å². The van der Waals surface area contributed by atoms with Crippen LogP contribution in [0.5, 0.6) is 0 Å². The lowest BCUT2D eigenvalue weighted by Gasteiger charge is -2.16. The van der Waals surface area contributed by atoms with Gasteiger partial charge in [-0.25, -0.2) is 9.37 Å². The van der Waals surface area contributed by atoms with Crippen molar-refractivity contribution < 1.29 is 4.39 Å². The van der Waals surface area contributed by atoms with E-state index in [2.05, 4.69) is 28.4 Å². The summed E-state index contributed by atoms with van der Waals surface area (Å²) in [4.78, 5) is 6.67. The fourth-order valence-corrected chi connectivity index (χ4v) is 2.26. The summed E-state index contributed by atoms with van der Waals surface area (Å²) in [6.45, 7) is 6.72. The molecule has 0 radical (unpaired) electrons. The first-order valence-corrected chi connectivity index (χ1v) is 6.95. The third kappa shape index (κ3) is 3.07. The maximum absolute atomic E-state index is 13.3. The minimum Gasteiger partial charge on any atom is -0.325 e. The van der Waals surface area contributed by atoms with Crippen LogP contribution in [0.15, 0.2) is 18.2 Å². The summed E-state index contributed by atoms with van der Waals surface area (Å²) in [6.07, 6.45) is 0. The zero-order chi connectivity index (χ0) is 14.0. The van der Waals surface area contributed by atoms with Crippen LogP contribution in [0.4, 0.5) is 4.39 Å². The highest BCUT2D eigenvalue weighted by Crippen LogP contribution is 2.25. The standard InChI is InChI=1S/C14H19ClFN3/c1-4-18(3)7-8-19-13-6-5-11(16)9-12(13)17-14(19)10(2)15/h5-6,9-10H,4,7-8H2,1-3H3. The Hall–Kier alpha value is -1.13. The molecule has 5 heteroatoms. The number of alkyl halides is 1. The lowest BCUT2D eigenvalue weighted by Crippen LogP contribution is -2.23. The van der Waals surface area contributed by atoms with Crippen LogP contribution in [0.1, 0.15) is 25.0 Å². The smallest absolute Gasteiger partial charge is 0.127 e. The van der Waals surface area contributed by atoms with Gasteiger partial charge in [0.2, 0.25) is 0 Å². The second-order valence-electron chi connectivity index (χ2n) is 4.77. The molecule has 3 nitrogen and oxygen atoms in total. The summed E-state index contributed by atoms with van der Waals surface area (Å²) in [5.41, 5.74) is 1.61. The molecule has 0 aliphatic heterocycles. The topological polar surface area (TPSA) is 21.1 Å². The highest BCUT2D eigenvalue weighted by atomic mass is 35.5. The van der Waals surface area contributed by atoms with Gasteiger partial charge in [0.1, 0.15) is 11.6 Å². The first-order chi connectivity index (χ1) is 9.02. The molecule has 2 aromatic rings. The van der Waals surface area contributed by atoms with E-state index in [1.807, 2.05) is 6.92 Å².